The number of amides is 1. The lowest BCUT2D eigenvalue weighted by molar-refractivity contribution is -0.120. The van der Waals surface area contributed by atoms with Crippen molar-refractivity contribution in [1.82, 2.24) is 20.9 Å². The van der Waals surface area contributed by atoms with Crippen LogP contribution < -0.4 is 16.0 Å². The molecular formula is C17H30IN5O3. The second-order valence-corrected chi connectivity index (χ2v) is 5.92. The Balaban J connectivity index is 0.00000338. The Morgan fingerprint density at radius 3 is 2.73 bits per heavy atom. The first-order valence-corrected chi connectivity index (χ1v) is 8.72. The van der Waals surface area contributed by atoms with Crippen LogP contribution in [-0.4, -0.2) is 70.3 Å². The van der Waals surface area contributed by atoms with Crippen LogP contribution in [0.25, 0.3) is 0 Å². The van der Waals surface area contributed by atoms with Crippen LogP contribution in [0.2, 0.25) is 0 Å². The molecule has 1 aliphatic rings. The molecule has 1 fully saturated rings. The Morgan fingerprint density at radius 1 is 1.35 bits per heavy atom. The fourth-order valence-corrected chi connectivity index (χ4v) is 2.88. The van der Waals surface area contributed by atoms with E-state index in [0.717, 1.165) is 18.8 Å². The van der Waals surface area contributed by atoms with Crippen LogP contribution in [0, 0.1) is 0 Å². The van der Waals surface area contributed by atoms with Gasteiger partial charge in [0.25, 0.3) is 0 Å². The van der Waals surface area contributed by atoms with Crippen LogP contribution in [-0.2, 0) is 9.53 Å². The zero-order valence-electron chi connectivity index (χ0n) is 15.5. The van der Waals surface area contributed by atoms with Crippen molar-refractivity contribution in [3.63, 3.8) is 0 Å². The summed E-state index contributed by atoms with van der Waals surface area (Å²) in [5, 5.41) is 9.08. The number of nitrogens with zero attached hydrogens (tertiary/aromatic N) is 2. The van der Waals surface area contributed by atoms with E-state index in [4.69, 9.17) is 9.15 Å². The van der Waals surface area contributed by atoms with Crippen LogP contribution >= 0.6 is 24.0 Å². The molecule has 1 atom stereocenters. The molecule has 148 valence electrons. The van der Waals surface area contributed by atoms with Crippen molar-refractivity contribution in [2.45, 2.75) is 18.9 Å². The highest BCUT2D eigenvalue weighted by atomic mass is 127. The van der Waals surface area contributed by atoms with Crippen molar-refractivity contribution in [1.29, 1.82) is 0 Å². The first-order valence-electron chi connectivity index (χ1n) is 8.72. The van der Waals surface area contributed by atoms with Gasteiger partial charge in [-0.3, -0.25) is 14.7 Å². The Morgan fingerprint density at radius 2 is 2.12 bits per heavy atom. The lowest BCUT2D eigenvalue weighted by atomic mass is 10.2. The number of likely N-dealkylation sites (tertiary alicyclic amines) is 1. The number of aliphatic imine (C=N–C) groups is 1. The van der Waals surface area contributed by atoms with Crippen molar-refractivity contribution in [3.8, 4) is 0 Å². The normalized spacial score (nSPS) is 16.0. The van der Waals surface area contributed by atoms with Gasteiger partial charge in [-0.2, -0.15) is 0 Å². The first-order chi connectivity index (χ1) is 12.2. The maximum absolute atomic E-state index is 11.7. The maximum Gasteiger partial charge on any atom is 0.239 e. The minimum atomic E-state index is -0.0953. The summed E-state index contributed by atoms with van der Waals surface area (Å²) < 4.78 is 10.5. The van der Waals surface area contributed by atoms with Gasteiger partial charge in [-0.1, -0.05) is 0 Å². The van der Waals surface area contributed by atoms with Gasteiger partial charge in [0.2, 0.25) is 5.91 Å². The molecule has 1 saturated heterocycles. The van der Waals surface area contributed by atoms with E-state index in [9.17, 15) is 4.79 Å². The van der Waals surface area contributed by atoms with Crippen molar-refractivity contribution in [2.75, 3.05) is 53.5 Å². The second kappa shape index (κ2) is 12.9. The molecule has 2 rings (SSSR count). The Kier molecular flexibility index (Phi) is 11.3. The maximum atomic E-state index is 11.7. The minimum absolute atomic E-state index is 0. The van der Waals surface area contributed by atoms with E-state index in [1.807, 2.05) is 12.1 Å². The van der Waals surface area contributed by atoms with Crippen molar-refractivity contribution >= 4 is 35.8 Å². The number of methoxy groups -OCH3 is 1. The molecule has 1 aliphatic heterocycles. The number of guanidine groups is 1. The Hall–Kier alpha value is -1.33. The van der Waals surface area contributed by atoms with Crippen molar-refractivity contribution in [3.05, 3.63) is 24.2 Å². The molecule has 0 aromatic carbocycles. The van der Waals surface area contributed by atoms with Gasteiger partial charge in [-0.25, -0.2) is 0 Å². The molecule has 2 heterocycles. The number of hydrogen-bond donors (Lipinski definition) is 3. The highest BCUT2D eigenvalue weighted by Gasteiger charge is 2.25. The summed E-state index contributed by atoms with van der Waals surface area (Å²) in [5.74, 6) is 1.45. The van der Waals surface area contributed by atoms with Gasteiger partial charge >= 0.3 is 0 Å². The summed E-state index contributed by atoms with van der Waals surface area (Å²) in [4.78, 5) is 18.3. The molecular weight excluding hydrogens is 449 g/mol. The number of ether oxygens (including phenoxy) is 1. The molecule has 1 aromatic heterocycles. The van der Waals surface area contributed by atoms with Crippen LogP contribution in [0.15, 0.2) is 27.8 Å². The Labute approximate surface area is 172 Å². The summed E-state index contributed by atoms with van der Waals surface area (Å²) in [6, 6.07) is 4.08. The quantitative estimate of drug-likeness (QED) is 0.212. The molecule has 0 saturated carbocycles. The second-order valence-electron chi connectivity index (χ2n) is 5.92. The van der Waals surface area contributed by atoms with Gasteiger partial charge < -0.3 is 25.1 Å². The number of halogens is 1. The number of carbonyl (C=O) groups is 1. The van der Waals surface area contributed by atoms with Crippen LogP contribution in [0.4, 0.5) is 0 Å². The number of rotatable bonds is 9. The molecule has 8 nitrogen and oxygen atoms in total. The number of furan rings is 1. The number of nitrogens with one attached hydrogen (secondary N) is 3. The third kappa shape index (κ3) is 7.50. The summed E-state index contributed by atoms with van der Waals surface area (Å²) >= 11 is 0. The number of carbonyl (C=O) groups excluding carboxylic acids is 1. The van der Waals surface area contributed by atoms with Crippen molar-refractivity contribution in [2.24, 2.45) is 4.99 Å². The van der Waals surface area contributed by atoms with E-state index in [2.05, 4.69) is 25.8 Å². The summed E-state index contributed by atoms with van der Waals surface area (Å²) in [7, 11) is 3.29. The minimum Gasteiger partial charge on any atom is -0.468 e. The average Bonchev–Trinajstić information content (AvgIpc) is 3.32. The standard InChI is InChI=1S/C17H29N5O3.HI/c1-18-17(21-13-16(23)19-7-11-24-2)20-12-14(15-6-5-10-25-15)22-8-3-4-9-22;/h5-6,10,14H,3-4,7-9,11-13H2,1-2H3,(H,19,23)(H2,18,20,21);1H. The highest BCUT2D eigenvalue weighted by molar-refractivity contribution is 14.0. The zero-order chi connectivity index (χ0) is 17.9. The van der Waals surface area contributed by atoms with E-state index in [-0.39, 0.29) is 42.5 Å². The molecule has 1 unspecified atom stereocenters. The third-order valence-electron chi connectivity index (χ3n) is 4.18. The van der Waals surface area contributed by atoms with E-state index in [0.29, 0.717) is 25.7 Å². The molecule has 0 aliphatic carbocycles. The predicted molar refractivity (Wildman–Crippen MR) is 112 cm³/mol. The smallest absolute Gasteiger partial charge is 0.239 e. The van der Waals surface area contributed by atoms with Gasteiger partial charge in [0.05, 0.1) is 25.5 Å². The summed E-state index contributed by atoms with van der Waals surface area (Å²) in [5.41, 5.74) is 0. The Bertz CT molecular complexity index is 533. The molecule has 0 bridgehead atoms. The van der Waals surface area contributed by atoms with Crippen molar-refractivity contribution < 1.29 is 13.9 Å². The summed E-state index contributed by atoms with van der Waals surface area (Å²) in [6.07, 6.45) is 4.13. The van der Waals surface area contributed by atoms with Gasteiger partial charge in [-0.15, -0.1) is 24.0 Å². The van der Waals surface area contributed by atoms with Crippen LogP contribution in [0.1, 0.15) is 24.6 Å². The summed E-state index contributed by atoms with van der Waals surface area (Å²) in [6.45, 7) is 3.97. The van der Waals surface area contributed by atoms with Gasteiger partial charge in [0, 0.05) is 27.2 Å². The fourth-order valence-electron chi connectivity index (χ4n) is 2.88. The molecule has 1 amide bonds. The molecule has 26 heavy (non-hydrogen) atoms. The molecule has 1 aromatic rings. The van der Waals surface area contributed by atoms with E-state index < -0.39 is 0 Å². The monoisotopic (exact) mass is 479 g/mol. The fraction of sp³-hybridized carbons (Fsp3) is 0.647. The average molecular weight is 479 g/mol. The number of hydrogen-bond acceptors (Lipinski definition) is 5. The van der Waals surface area contributed by atoms with E-state index in [1.54, 1.807) is 20.4 Å². The predicted octanol–water partition coefficient (Wildman–Crippen LogP) is 0.962. The van der Waals surface area contributed by atoms with E-state index in [1.165, 1.54) is 12.8 Å². The molecule has 9 heteroatoms. The molecule has 3 N–H and O–H groups in total. The SMILES string of the molecule is CN=C(NCC(=O)NCCOC)NCC(c1ccco1)N1CCCC1.I. The molecule has 0 radical (unpaired) electrons. The van der Waals surface area contributed by atoms with Gasteiger partial charge in [0.1, 0.15) is 5.76 Å². The lowest BCUT2D eigenvalue weighted by Gasteiger charge is -2.26. The first kappa shape index (κ1) is 22.7. The van der Waals surface area contributed by atoms with E-state index >= 15 is 0 Å². The highest BCUT2D eigenvalue weighted by Crippen LogP contribution is 2.24. The van der Waals surface area contributed by atoms with Crippen LogP contribution in [0.5, 0.6) is 0 Å². The van der Waals surface area contributed by atoms with Gasteiger partial charge in [-0.05, 0) is 38.1 Å². The largest absolute Gasteiger partial charge is 0.468 e. The molecule has 0 spiro atoms. The lowest BCUT2D eigenvalue weighted by Crippen LogP contribution is -2.46. The zero-order valence-corrected chi connectivity index (χ0v) is 17.8. The van der Waals surface area contributed by atoms with Crippen LogP contribution in [0.3, 0.4) is 0 Å². The topological polar surface area (TPSA) is 91.1 Å². The van der Waals surface area contributed by atoms with Gasteiger partial charge in [0.15, 0.2) is 5.96 Å². The third-order valence-corrected chi connectivity index (χ3v) is 4.18.